The van der Waals surface area contributed by atoms with Gasteiger partial charge in [0.1, 0.15) is 5.76 Å². The molecule has 1 N–H and O–H groups in total. The van der Waals surface area contributed by atoms with E-state index in [4.69, 9.17) is 4.52 Å². The summed E-state index contributed by atoms with van der Waals surface area (Å²) in [5, 5.41) is 7.35. The van der Waals surface area contributed by atoms with Gasteiger partial charge in [0.05, 0.1) is 11.7 Å². The maximum absolute atomic E-state index is 12.7. The van der Waals surface area contributed by atoms with Gasteiger partial charge in [0.15, 0.2) is 0 Å². The average Bonchev–Trinajstić information content (AvgIpc) is 3.14. The van der Waals surface area contributed by atoms with Gasteiger partial charge in [0, 0.05) is 24.6 Å². The van der Waals surface area contributed by atoms with Crippen LogP contribution in [0.4, 0.5) is 4.79 Å². The third-order valence-electron chi connectivity index (χ3n) is 5.08. The minimum atomic E-state index is 0.0945. The molecule has 1 saturated heterocycles. The Hall–Kier alpha value is -1.52. The summed E-state index contributed by atoms with van der Waals surface area (Å²) in [6.45, 7) is 4.88. The van der Waals surface area contributed by atoms with Crippen molar-refractivity contribution in [3.8, 4) is 0 Å². The van der Waals surface area contributed by atoms with Crippen molar-refractivity contribution < 1.29 is 9.32 Å². The van der Waals surface area contributed by atoms with Crippen LogP contribution in [-0.4, -0.2) is 28.7 Å². The normalized spacial score (nSPS) is 23.0. The van der Waals surface area contributed by atoms with Crippen molar-refractivity contribution in [1.29, 1.82) is 0 Å². The summed E-state index contributed by atoms with van der Waals surface area (Å²) in [6.07, 6.45) is 8.90. The van der Waals surface area contributed by atoms with Gasteiger partial charge in [0.2, 0.25) is 0 Å². The zero-order valence-corrected chi connectivity index (χ0v) is 13.7. The zero-order valence-electron chi connectivity index (χ0n) is 13.7. The Labute approximate surface area is 132 Å². The molecular weight excluding hydrogens is 278 g/mol. The molecule has 0 bridgehead atoms. The number of likely N-dealkylation sites (tertiary alicyclic amines) is 1. The van der Waals surface area contributed by atoms with Gasteiger partial charge in [-0.25, -0.2) is 4.79 Å². The van der Waals surface area contributed by atoms with Crippen LogP contribution in [-0.2, 0) is 6.42 Å². The second kappa shape index (κ2) is 6.71. The molecule has 5 nitrogen and oxygen atoms in total. The zero-order chi connectivity index (χ0) is 15.5. The number of hydrogen-bond donors (Lipinski definition) is 1. The number of aromatic nitrogens is 1. The van der Waals surface area contributed by atoms with Crippen molar-refractivity contribution in [2.45, 2.75) is 77.3 Å². The molecule has 22 heavy (non-hydrogen) atoms. The standard InChI is InChI=1S/C17H27N3O2/c1-3-15-16(12(2)19-22-15)14-10-7-11-20(14)17(21)18-13-8-5-4-6-9-13/h13-14H,3-11H2,1-2H3,(H,18,21)/t14-/m0/s1. The topological polar surface area (TPSA) is 58.4 Å². The van der Waals surface area contributed by atoms with Crippen molar-refractivity contribution in [2.75, 3.05) is 6.54 Å². The van der Waals surface area contributed by atoms with E-state index in [-0.39, 0.29) is 12.1 Å². The van der Waals surface area contributed by atoms with Crippen LogP contribution >= 0.6 is 0 Å². The predicted octanol–water partition coefficient (Wildman–Crippen LogP) is 3.72. The van der Waals surface area contributed by atoms with Crippen molar-refractivity contribution >= 4 is 6.03 Å². The van der Waals surface area contributed by atoms with Crippen LogP contribution in [0.15, 0.2) is 4.52 Å². The predicted molar refractivity (Wildman–Crippen MR) is 84.7 cm³/mol. The summed E-state index contributed by atoms with van der Waals surface area (Å²) >= 11 is 0. The number of nitrogens with one attached hydrogen (secondary N) is 1. The van der Waals surface area contributed by atoms with E-state index in [0.29, 0.717) is 6.04 Å². The van der Waals surface area contributed by atoms with E-state index >= 15 is 0 Å². The molecule has 1 aliphatic heterocycles. The van der Waals surface area contributed by atoms with E-state index in [2.05, 4.69) is 17.4 Å². The number of rotatable bonds is 3. The van der Waals surface area contributed by atoms with Crippen molar-refractivity contribution in [2.24, 2.45) is 0 Å². The molecule has 2 aliphatic rings. The molecule has 1 aromatic heterocycles. The highest BCUT2D eigenvalue weighted by Crippen LogP contribution is 2.36. The molecule has 0 spiro atoms. The van der Waals surface area contributed by atoms with Crippen molar-refractivity contribution in [1.82, 2.24) is 15.4 Å². The Morgan fingerprint density at radius 1 is 1.27 bits per heavy atom. The third-order valence-corrected chi connectivity index (χ3v) is 5.08. The molecule has 1 aliphatic carbocycles. The van der Waals surface area contributed by atoms with Gasteiger partial charge < -0.3 is 14.7 Å². The Morgan fingerprint density at radius 2 is 2.05 bits per heavy atom. The van der Waals surface area contributed by atoms with Gasteiger partial charge in [-0.2, -0.15) is 0 Å². The first-order chi connectivity index (χ1) is 10.7. The number of carbonyl (C=O) groups excluding carboxylic acids is 1. The molecule has 2 heterocycles. The fourth-order valence-electron chi connectivity index (χ4n) is 3.92. The first kappa shape index (κ1) is 15.4. The summed E-state index contributed by atoms with van der Waals surface area (Å²) < 4.78 is 5.43. The number of nitrogens with zero attached hydrogens (tertiary/aromatic N) is 2. The largest absolute Gasteiger partial charge is 0.361 e. The van der Waals surface area contributed by atoms with E-state index < -0.39 is 0 Å². The highest BCUT2D eigenvalue weighted by atomic mass is 16.5. The second-order valence-corrected chi connectivity index (χ2v) is 6.59. The maximum atomic E-state index is 12.7. The average molecular weight is 305 g/mol. The molecule has 5 heteroatoms. The van der Waals surface area contributed by atoms with E-state index in [1.54, 1.807) is 0 Å². The van der Waals surface area contributed by atoms with E-state index in [9.17, 15) is 4.79 Å². The number of carbonyl (C=O) groups is 1. The highest BCUT2D eigenvalue weighted by Gasteiger charge is 2.35. The minimum Gasteiger partial charge on any atom is -0.361 e. The van der Waals surface area contributed by atoms with Gasteiger partial charge in [-0.3, -0.25) is 0 Å². The lowest BCUT2D eigenvalue weighted by molar-refractivity contribution is 0.184. The lowest BCUT2D eigenvalue weighted by Gasteiger charge is -2.29. The Balaban J connectivity index is 1.72. The van der Waals surface area contributed by atoms with Gasteiger partial charge in [-0.05, 0) is 32.6 Å². The van der Waals surface area contributed by atoms with Crippen LogP contribution in [0.5, 0.6) is 0 Å². The summed E-state index contributed by atoms with van der Waals surface area (Å²) in [4.78, 5) is 14.7. The molecule has 2 amide bonds. The van der Waals surface area contributed by atoms with Gasteiger partial charge in [0.25, 0.3) is 0 Å². The molecule has 0 unspecified atom stereocenters. The summed E-state index contributed by atoms with van der Waals surface area (Å²) in [5.41, 5.74) is 2.07. The first-order valence-electron chi connectivity index (χ1n) is 8.73. The summed E-state index contributed by atoms with van der Waals surface area (Å²) in [5.74, 6) is 0.930. The summed E-state index contributed by atoms with van der Waals surface area (Å²) in [7, 11) is 0. The fourth-order valence-corrected chi connectivity index (χ4v) is 3.92. The Morgan fingerprint density at radius 3 is 2.77 bits per heavy atom. The molecule has 122 valence electrons. The highest BCUT2D eigenvalue weighted by molar-refractivity contribution is 5.75. The quantitative estimate of drug-likeness (QED) is 0.925. The van der Waals surface area contributed by atoms with Crippen LogP contribution in [0.1, 0.15) is 74.9 Å². The smallest absolute Gasteiger partial charge is 0.318 e. The van der Waals surface area contributed by atoms with E-state index in [1.165, 1.54) is 19.3 Å². The monoisotopic (exact) mass is 305 g/mol. The lowest BCUT2D eigenvalue weighted by Crippen LogP contribution is -2.45. The molecule has 3 rings (SSSR count). The van der Waals surface area contributed by atoms with Crippen molar-refractivity contribution in [3.05, 3.63) is 17.0 Å². The van der Waals surface area contributed by atoms with Crippen LogP contribution in [0.2, 0.25) is 0 Å². The van der Waals surface area contributed by atoms with Crippen LogP contribution < -0.4 is 5.32 Å². The number of hydrogen-bond acceptors (Lipinski definition) is 3. The van der Waals surface area contributed by atoms with Gasteiger partial charge in [-0.1, -0.05) is 31.3 Å². The molecular formula is C17H27N3O2. The molecule has 2 fully saturated rings. The van der Waals surface area contributed by atoms with Crippen LogP contribution in [0.3, 0.4) is 0 Å². The van der Waals surface area contributed by atoms with E-state index in [1.807, 2.05) is 11.8 Å². The molecule has 1 saturated carbocycles. The third kappa shape index (κ3) is 2.99. The first-order valence-corrected chi connectivity index (χ1v) is 8.73. The number of amides is 2. The molecule has 0 aromatic carbocycles. The van der Waals surface area contributed by atoms with Crippen LogP contribution in [0.25, 0.3) is 0 Å². The minimum absolute atomic E-state index is 0.0945. The van der Waals surface area contributed by atoms with E-state index in [0.717, 1.165) is 55.7 Å². The Bertz CT molecular complexity index is 520. The number of aryl methyl sites for hydroxylation is 2. The van der Waals surface area contributed by atoms with Gasteiger partial charge >= 0.3 is 6.03 Å². The fraction of sp³-hybridized carbons (Fsp3) is 0.765. The lowest BCUT2D eigenvalue weighted by atomic mass is 9.95. The second-order valence-electron chi connectivity index (χ2n) is 6.59. The molecule has 1 aromatic rings. The SMILES string of the molecule is CCc1onc(C)c1[C@@H]1CCCN1C(=O)NC1CCCCC1. The molecule has 0 radical (unpaired) electrons. The maximum Gasteiger partial charge on any atom is 0.318 e. The van der Waals surface area contributed by atoms with Gasteiger partial charge in [-0.15, -0.1) is 0 Å². The number of urea groups is 1. The van der Waals surface area contributed by atoms with Crippen LogP contribution in [0, 0.1) is 6.92 Å². The Kier molecular flexibility index (Phi) is 4.69. The summed E-state index contributed by atoms with van der Waals surface area (Å²) in [6, 6.07) is 0.582. The molecule has 1 atom stereocenters. The van der Waals surface area contributed by atoms with Crippen molar-refractivity contribution in [3.63, 3.8) is 0 Å².